The van der Waals surface area contributed by atoms with Crippen molar-refractivity contribution in [1.29, 1.82) is 0 Å². The number of fused-ring (bicyclic) bond motifs is 1. The van der Waals surface area contributed by atoms with Gasteiger partial charge < -0.3 is 9.64 Å². The van der Waals surface area contributed by atoms with E-state index in [-0.39, 0.29) is 22.9 Å². The normalized spacial score (nSPS) is 25.0. The second kappa shape index (κ2) is 6.22. The van der Waals surface area contributed by atoms with Crippen molar-refractivity contribution in [2.24, 2.45) is 5.14 Å². The van der Waals surface area contributed by atoms with Crippen LogP contribution >= 0.6 is 0 Å². The predicted molar refractivity (Wildman–Crippen MR) is 85.6 cm³/mol. The molecule has 6 nitrogen and oxygen atoms in total. The number of benzene rings is 1. The van der Waals surface area contributed by atoms with Gasteiger partial charge >= 0.3 is 0 Å². The molecule has 2 unspecified atom stereocenters. The molecule has 1 amide bonds. The Hall–Kier alpha value is -1.44. The number of hydrogen-bond donors (Lipinski definition) is 1. The molecule has 1 heterocycles. The number of ether oxygens (including phenoxy) is 1. The molecule has 3 rings (SSSR count). The minimum Gasteiger partial charge on any atom is -0.374 e. The van der Waals surface area contributed by atoms with Gasteiger partial charge in [-0.15, -0.1) is 0 Å². The van der Waals surface area contributed by atoms with E-state index in [2.05, 4.69) is 0 Å². The number of nitrogens with zero attached hydrogens (tertiary/aromatic N) is 1. The molecule has 1 aliphatic heterocycles. The smallest absolute Gasteiger partial charge is 0.254 e. The minimum absolute atomic E-state index is 0.0279. The van der Waals surface area contributed by atoms with E-state index in [1.165, 1.54) is 12.1 Å². The van der Waals surface area contributed by atoms with E-state index in [9.17, 15) is 13.2 Å². The van der Waals surface area contributed by atoms with E-state index in [0.717, 1.165) is 31.2 Å². The summed E-state index contributed by atoms with van der Waals surface area (Å²) in [6.45, 7) is 2.87. The third-order valence-electron chi connectivity index (χ3n) is 4.76. The molecule has 1 aliphatic carbocycles. The van der Waals surface area contributed by atoms with Gasteiger partial charge in [0.25, 0.3) is 5.91 Å². The van der Waals surface area contributed by atoms with Crippen LogP contribution in [0.1, 0.15) is 41.6 Å². The molecule has 0 bridgehead atoms. The molecule has 0 aromatic heterocycles. The number of nitrogens with two attached hydrogens (primary N) is 1. The summed E-state index contributed by atoms with van der Waals surface area (Å²) >= 11 is 0. The molecule has 1 aromatic carbocycles. The van der Waals surface area contributed by atoms with Crippen LogP contribution in [0.5, 0.6) is 0 Å². The van der Waals surface area contributed by atoms with Gasteiger partial charge in [-0.25, -0.2) is 13.6 Å². The van der Waals surface area contributed by atoms with E-state index in [0.29, 0.717) is 18.7 Å². The number of carbonyl (C=O) groups is 1. The first-order valence-electron chi connectivity index (χ1n) is 7.94. The molecule has 7 heteroatoms. The molecule has 2 N–H and O–H groups in total. The highest BCUT2D eigenvalue weighted by atomic mass is 32.2. The van der Waals surface area contributed by atoms with Gasteiger partial charge in [0.05, 0.1) is 23.6 Å². The van der Waals surface area contributed by atoms with Crippen LogP contribution in [0.2, 0.25) is 0 Å². The van der Waals surface area contributed by atoms with Crippen molar-refractivity contribution in [3.05, 3.63) is 29.3 Å². The fraction of sp³-hybridized carbons (Fsp3) is 0.562. The van der Waals surface area contributed by atoms with Crippen molar-refractivity contribution in [2.45, 2.75) is 49.6 Å². The van der Waals surface area contributed by atoms with Crippen molar-refractivity contribution in [3.8, 4) is 0 Å². The molecule has 2 fully saturated rings. The van der Waals surface area contributed by atoms with Crippen molar-refractivity contribution < 1.29 is 17.9 Å². The number of morpholine rings is 1. The number of rotatable bonds is 2. The van der Waals surface area contributed by atoms with Gasteiger partial charge in [0, 0.05) is 12.1 Å². The maximum atomic E-state index is 13.0. The molecular formula is C16H22N2O4S. The summed E-state index contributed by atoms with van der Waals surface area (Å²) in [5.74, 6) is -0.131. The van der Waals surface area contributed by atoms with Crippen molar-refractivity contribution >= 4 is 15.9 Å². The van der Waals surface area contributed by atoms with Crippen LogP contribution in [0.3, 0.4) is 0 Å². The molecule has 126 valence electrons. The lowest BCUT2D eigenvalue weighted by molar-refractivity contribution is -0.0753. The Kier molecular flexibility index (Phi) is 4.44. The SMILES string of the molecule is Cc1ccc(S(N)(=O)=O)cc1C(=O)N1CCOC2CCCCC21. The van der Waals surface area contributed by atoms with Crippen LogP contribution in [0.4, 0.5) is 0 Å². The fourth-order valence-corrected chi connectivity index (χ4v) is 4.05. The highest BCUT2D eigenvalue weighted by Gasteiger charge is 2.37. The first kappa shape index (κ1) is 16.4. The Morgan fingerprint density at radius 2 is 2.04 bits per heavy atom. The van der Waals surface area contributed by atoms with Crippen LogP contribution < -0.4 is 5.14 Å². The number of carbonyl (C=O) groups excluding carboxylic acids is 1. The van der Waals surface area contributed by atoms with Gasteiger partial charge in [0.15, 0.2) is 0 Å². The van der Waals surface area contributed by atoms with Crippen LogP contribution in [0.25, 0.3) is 0 Å². The molecule has 23 heavy (non-hydrogen) atoms. The summed E-state index contributed by atoms with van der Waals surface area (Å²) < 4.78 is 28.9. The second-order valence-corrected chi connectivity index (χ2v) is 7.84. The Balaban J connectivity index is 1.93. The summed E-state index contributed by atoms with van der Waals surface area (Å²) in [5, 5.41) is 5.19. The lowest BCUT2D eigenvalue weighted by Gasteiger charge is -2.44. The van der Waals surface area contributed by atoms with E-state index in [4.69, 9.17) is 9.88 Å². The highest BCUT2D eigenvalue weighted by molar-refractivity contribution is 7.89. The lowest BCUT2D eigenvalue weighted by Crippen LogP contribution is -2.54. The van der Waals surface area contributed by atoms with E-state index in [1.54, 1.807) is 13.0 Å². The molecule has 1 saturated carbocycles. The maximum Gasteiger partial charge on any atom is 0.254 e. The zero-order chi connectivity index (χ0) is 16.6. The van der Waals surface area contributed by atoms with E-state index in [1.807, 2.05) is 4.90 Å². The van der Waals surface area contributed by atoms with Gasteiger partial charge in [0.2, 0.25) is 10.0 Å². The molecule has 1 aromatic rings. The molecule has 0 radical (unpaired) electrons. The largest absolute Gasteiger partial charge is 0.374 e. The number of primary sulfonamides is 1. The van der Waals surface area contributed by atoms with Crippen molar-refractivity contribution in [1.82, 2.24) is 4.90 Å². The molecule has 1 saturated heterocycles. The summed E-state index contributed by atoms with van der Waals surface area (Å²) in [6.07, 6.45) is 4.23. The first-order chi connectivity index (χ1) is 10.9. The minimum atomic E-state index is -3.83. The van der Waals surface area contributed by atoms with Crippen molar-refractivity contribution in [3.63, 3.8) is 0 Å². The highest BCUT2D eigenvalue weighted by Crippen LogP contribution is 2.30. The number of amides is 1. The summed E-state index contributed by atoms with van der Waals surface area (Å²) in [4.78, 5) is 14.8. The quantitative estimate of drug-likeness (QED) is 0.883. The zero-order valence-corrected chi connectivity index (χ0v) is 14.0. The van der Waals surface area contributed by atoms with E-state index < -0.39 is 10.0 Å². The van der Waals surface area contributed by atoms with Crippen LogP contribution in [0.15, 0.2) is 23.1 Å². The third kappa shape index (κ3) is 3.27. The Labute approximate surface area is 136 Å². The summed E-state index contributed by atoms with van der Waals surface area (Å²) in [6, 6.07) is 4.54. The predicted octanol–water partition coefficient (Wildman–Crippen LogP) is 1.43. The second-order valence-electron chi connectivity index (χ2n) is 6.28. The van der Waals surface area contributed by atoms with Crippen LogP contribution in [-0.2, 0) is 14.8 Å². The maximum absolute atomic E-state index is 13.0. The molecule has 2 atom stereocenters. The lowest BCUT2D eigenvalue weighted by atomic mass is 9.89. The summed E-state index contributed by atoms with van der Waals surface area (Å²) in [7, 11) is -3.83. The molecule has 0 spiro atoms. The number of hydrogen-bond acceptors (Lipinski definition) is 4. The molecule has 2 aliphatic rings. The average molecular weight is 338 g/mol. The zero-order valence-electron chi connectivity index (χ0n) is 13.2. The topological polar surface area (TPSA) is 89.7 Å². The van der Waals surface area contributed by atoms with Crippen molar-refractivity contribution in [2.75, 3.05) is 13.2 Å². The van der Waals surface area contributed by atoms with E-state index >= 15 is 0 Å². The Morgan fingerprint density at radius 3 is 2.78 bits per heavy atom. The summed E-state index contributed by atoms with van der Waals surface area (Å²) in [5.41, 5.74) is 1.16. The van der Waals surface area contributed by atoms with Gasteiger partial charge in [-0.3, -0.25) is 4.79 Å². The van der Waals surface area contributed by atoms with Crippen LogP contribution in [0, 0.1) is 6.92 Å². The molecular weight excluding hydrogens is 316 g/mol. The Bertz CT molecular complexity index is 715. The fourth-order valence-electron chi connectivity index (χ4n) is 3.51. The van der Waals surface area contributed by atoms with Gasteiger partial charge in [-0.05, 0) is 37.5 Å². The van der Waals surface area contributed by atoms with Gasteiger partial charge in [-0.2, -0.15) is 0 Å². The average Bonchev–Trinajstić information content (AvgIpc) is 2.53. The Morgan fingerprint density at radius 1 is 1.30 bits per heavy atom. The number of sulfonamides is 1. The van der Waals surface area contributed by atoms with Crippen LogP contribution in [-0.4, -0.2) is 44.5 Å². The third-order valence-corrected chi connectivity index (χ3v) is 5.67. The first-order valence-corrected chi connectivity index (χ1v) is 9.48. The standard InChI is InChI=1S/C16H22N2O4S/c1-11-6-7-12(23(17,20)21)10-13(11)16(19)18-8-9-22-15-5-3-2-4-14(15)18/h6-7,10,14-15H,2-5,8-9H2,1H3,(H2,17,20,21). The monoisotopic (exact) mass is 338 g/mol. The van der Waals surface area contributed by atoms with Gasteiger partial charge in [0.1, 0.15) is 0 Å². The van der Waals surface area contributed by atoms with Gasteiger partial charge in [-0.1, -0.05) is 18.9 Å². The number of aryl methyl sites for hydroxylation is 1.